The predicted molar refractivity (Wildman–Crippen MR) is 149 cm³/mol. The number of aliphatic carboxylic acids is 1. The summed E-state index contributed by atoms with van der Waals surface area (Å²) in [6, 6.07) is 20.7. The summed E-state index contributed by atoms with van der Waals surface area (Å²) >= 11 is 12.5. The number of carbonyl (C=O) groups excluding carboxylic acids is 2. The number of amides is 2. The van der Waals surface area contributed by atoms with Crippen LogP contribution in [0, 0.1) is 0 Å². The van der Waals surface area contributed by atoms with Crippen molar-refractivity contribution < 1.29 is 29.0 Å². The number of thiocarbonyl (C=S) groups is 1. The molecule has 4 rings (SSSR count). The maximum atomic E-state index is 12.9. The maximum Gasteiger partial charge on any atom is 0.306 e. The highest BCUT2D eigenvalue weighted by molar-refractivity contribution is 8.26. The van der Waals surface area contributed by atoms with Crippen molar-refractivity contribution in [1.82, 2.24) is 10.4 Å². The minimum Gasteiger partial charge on any atom is -0.493 e. The van der Waals surface area contributed by atoms with Crippen molar-refractivity contribution in [2.24, 2.45) is 0 Å². The summed E-state index contributed by atoms with van der Waals surface area (Å²) < 4.78 is 11.4. The summed E-state index contributed by atoms with van der Waals surface area (Å²) in [6.45, 7) is 0.312. The van der Waals surface area contributed by atoms with Gasteiger partial charge in [0.25, 0.3) is 11.8 Å². The van der Waals surface area contributed by atoms with Crippen molar-refractivity contribution in [2.45, 2.75) is 13.0 Å². The third kappa shape index (κ3) is 7.12. The Balaban J connectivity index is 1.36. The van der Waals surface area contributed by atoms with Crippen LogP contribution in [0.2, 0.25) is 5.02 Å². The molecule has 0 atom stereocenters. The number of thioether (sulfide) groups is 1. The molecule has 1 aliphatic rings. The predicted octanol–water partition coefficient (Wildman–Crippen LogP) is 5.32. The Bertz CT molecular complexity index is 1410. The van der Waals surface area contributed by atoms with E-state index in [1.165, 1.54) is 0 Å². The number of nitrogens with one attached hydrogen (secondary N) is 1. The Labute approximate surface area is 233 Å². The highest BCUT2D eigenvalue weighted by Gasteiger charge is 2.33. The second kappa shape index (κ2) is 12.6. The van der Waals surface area contributed by atoms with E-state index in [1.807, 2.05) is 18.2 Å². The first-order chi connectivity index (χ1) is 18.3. The average Bonchev–Trinajstić information content (AvgIpc) is 3.15. The third-order valence-electron chi connectivity index (χ3n) is 5.22. The molecular weight excluding hydrogens is 548 g/mol. The van der Waals surface area contributed by atoms with E-state index in [0.29, 0.717) is 32.6 Å². The molecule has 1 heterocycles. The molecule has 0 saturated carbocycles. The fraction of sp³-hybridized carbons (Fsp3) is 0.111. The highest BCUT2D eigenvalue weighted by atomic mass is 35.5. The van der Waals surface area contributed by atoms with E-state index in [9.17, 15) is 14.4 Å². The second-order valence-corrected chi connectivity index (χ2v) is 10.0. The number of rotatable bonds is 10. The van der Waals surface area contributed by atoms with Crippen molar-refractivity contribution in [3.8, 4) is 11.5 Å². The number of carboxylic acid groups (broad SMARTS) is 1. The molecule has 194 valence electrons. The maximum absolute atomic E-state index is 12.9. The molecule has 3 aromatic carbocycles. The van der Waals surface area contributed by atoms with Gasteiger partial charge < -0.3 is 14.6 Å². The Kier molecular flexibility index (Phi) is 9.01. The lowest BCUT2D eigenvalue weighted by molar-refractivity contribution is -0.137. The van der Waals surface area contributed by atoms with Gasteiger partial charge in [-0.25, -0.2) is 0 Å². The van der Waals surface area contributed by atoms with Gasteiger partial charge in [0, 0.05) is 16.1 Å². The fourth-order valence-corrected chi connectivity index (χ4v) is 4.68. The molecule has 0 radical (unpaired) electrons. The van der Waals surface area contributed by atoms with Crippen LogP contribution in [0.15, 0.2) is 77.7 Å². The summed E-state index contributed by atoms with van der Waals surface area (Å²) in [4.78, 5) is 36.7. The van der Waals surface area contributed by atoms with Crippen LogP contribution < -0.4 is 14.9 Å². The minimum atomic E-state index is -0.954. The van der Waals surface area contributed by atoms with E-state index in [1.54, 1.807) is 60.7 Å². The Morgan fingerprint density at radius 1 is 1.03 bits per heavy atom. The smallest absolute Gasteiger partial charge is 0.306 e. The zero-order valence-corrected chi connectivity index (χ0v) is 22.1. The molecular formula is C27H21ClN2O6S2. The molecule has 8 nitrogen and oxygen atoms in total. The van der Waals surface area contributed by atoms with Gasteiger partial charge in [-0.05, 0) is 66.3 Å². The van der Waals surface area contributed by atoms with Gasteiger partial charge in [-0.1, -0.05) is 53.7 Å². The van der Waals surface area contributed by atoms with Gasteiger partial charge in [0.2, 0.25) is 0 Å². The van der Waals surface area contributed by atoms with Crippen LogP contribution >= 0.6 is 35.6 Å². The standard InChI is InChI=1S/C27H21ClN2O6S2/c28-22-7-2-1-5-19(22)16-36-20-10-8-18(9-11-20)25(33)29-30-26(34)23(38-27(30)37)15-17-4-3-6-21(14-17)35-13-12-24(31)32/h1-11,14-15H,12-13,16H2,(H,29,33)(H,31,32)/b23-15+. The van der Waals surface area contributed by atoms with Crippen molar-refractivity contribution in [2.75, 3.05) is 6.61 Å². The number of carbonyl (C=O) groups is 3. The largest absolute Gasteiger partial charge is 0.493 e. The number of hydrazine groups is 1. The van der Waals surface area contributed by atoms with Crippen LogP contribution in [0.1, 0.15) is 27.9 Å². The van der Waals surface area contributed by atoms with Crippen LogP contribution in [-0.4, -0.2) is 38.8 Å². The first-order valence-electron chi connectivity index (χ1n) is 11.3. The Morgan fingerprint density at radius 3 is 2.53 bits per heavy atom. The van der Waals surface area contributed by atoms with Crippen LogP contribution in [0.4, 0.5) is 0 Å². The minimum absolute atomic E-state index is 0.0292. The molecule has 0 unspecified atom stereocenters. The molecule has 2 amide bonds. The van der Waals surface area contributed by atoms with E-state index in [2.05, 4.69) is 5.43 Å². The summed E-state index contributed by atoms with van der Waals surface area (Å²) in [6.07, 6.45) is 1.50. The molecule has 1 saturated heterocycles. The van der Waals surface area contributed by atoms with E-state index < -0.39 is 17.8 Å². The lowest BCUT2D eigenvalue weighted by Crippen LogP contribution is -2.44. The molecule has 0 bridgehead atoms. The lowest BCUT2D eigenvalue weighted by atomic mass is 10.2. The molecule has 1 aliphatic heterocycles. The SMILES string of the molecule is O=C(O)CCOc1cccc(/C=C2/SC(=S)N(NC(=O)c3ccc(OCc4ccccc4Cl)cc3)C2=O)c1. The number of carboxylic acids is 1. The van der Waals surface area contributed by atoms with Gasteiger partial charge in [0.15, 0.2) is 4.32 Å². The molecule has 3 aromatic rings. The monoisotopic (exact) mass is 568 g/mol. The Morgan fingerprint density at radius 2 is 1.79 bits per heavy atom. The number of nitrogens with zero attached hydrogens (tertiary/aromatic N) is 1. The lowest BCUT2D eigenvalue weighted by Gasteiger charge is -2.16. The van der Waals surface area contributed by atoms with E-state index in [4.69, 9.17) is 38.4 Å². The van der Waals surface area contributed by atoms with Gasteiger partial charge in [0.1, 0.15) is 18.1 Å². The molecule has 0 spiro atoms. The molecule has 38 heavy (non-hydrogen) atoms. The van der Waals surface area contributed by atoms with Gasteiger partial charge in [0.05, 0.1) is 17.9 Å². The summed E-state index contributed by atoms with van der Waals surface area (Å²) in [5.41, 5.74) is 4.37. The molecule has 0 aromatic heterocycles. The van der Waals surface area contributed by atoms with E-state index >= 15 is 0 Å². The van der Waals surface area contributed by atoms with Crippen molar-refractivity contribution in [3.05, 3.63) is 99.4 Å². The van der Waals surface area contributed by atoms with Gasteiger partial charge >= 0.3 is 5.97 Å². The van der Waals surface area contributed by atoms with Crippen LogP contribution in [0.3, 0.4) is 0 Å². The molecule has 1 fully saturated rings. The zero-order valence-electron chi connectivity index (χ0n) is 19.8. The summed E-state index contributed by atoms with van der Waals surface area (Å²) in [7, 11) is 0. The number of halogens is 1. The molecule has 2 N–H and O–H groups in total. The van der Waals surface area contributed by atoms with Crippen molar-refractivity contribution >= 4 is 63.8 Å². The van der Waals surface area contributed by atoms with Gasteiger partial charge in [-0.3, -0.25) is 19.8 Å². The molecule has 0 aliphatic carbocycles. The number of hydrogen-bond donors (Lipinski definition) is 2. The number of benzene rings is 3. The van der Waals surface area contributed by atoms with Crippen LogP contribution in [-0.2, 0) is 16.2 Å². The zero-order chi connectivity index (χ0) is 27.1. The van der Waals surface area contributed by atoms with Crippen LogP contribution in [0.5, 0.6) is 11.5 Å². The van der Waals surface area contributed by atoms with Crippen LogP contribution in [0.25, 0.3) is 6.08 Å². The second-order valence-electron chi connectivity index (χ2n) is 7.93. The third-order valence-corrected chi connectivity index (χ3v) is 6.89. The first-order valence-corrected chi connectivity index (χ1v) is 12.9. The quantitative estimate of drug-likeness (QED) is 0.250. The summed E-state index contributed by atoms with van der Waals surface area (Å²) in [5, 5.41) is 10.4. The topological polar surface area (TPSA) is 105 Å². The van der Waals surface area contributed by atoms with Crippen molar-refractivity contribution in [1.29, 1.82) is 0 Å². The molecule has 11 heteroatoms. The Hall–Kier alpha value is -3.86. The van der Waals surface area contributed by atoms with Crippen molar-refractivity contribution in [3.63, 3.8) is 0 Å². The fourth-order valence-electron chi connectivity index (χ4n) is 3.31. The number of ether oxygens (including phenoxy) is 2. The average molecular weight is 569 g/mol. The normalized spacial score (nSPS) is 14.0. The highest BCUT2D eigenvalue weighted by Crippen LogP contribution is 2.32. The van der Waals surface area contributed by atoms with E-state index in [0.717, 1.165) is 22.3 Å². The first kappa shape index (κ1) is 27.2. The van der Waals surface area contributed by atoms with E-state index in [-0.39, 0.29) is 24.0 Å². The van der Waals surface area contributed by atoms with Gasteiger partial charge in [-0.2, -0.15) is 5.01 Å². The van der Waals surface area contributed by atoms with Gasteiger partial charge in [-0.15, -0.1) is 0 Å². The summed E-state index contributed by atoms with van der Waals surface area (Å²) in [5.74, 6) is -0.892. The number of hydrogen-bond acceptors (Lipinski definition) is 7.